The van der Waals surface area contributed by atoms with E-state index in [1.54, 1.807) is 18.2 Å². The highest BCUT2D eigenvalue weighted by Crippen LogP contribution is 2.32. The molecule has 1 aliphatic rings. The number of carbonyl (C=O) groups excluding carboxylic acids is 2. The van der Waals surface area contributed by atoms with Gasteiger partial charge in [0.1, 0.15) is 10.6 Å². The zero-order valence-electron chi connectivity index (χ0n) is 17.1. The summed E-state index contributed by atoms with van der Waals surface area (Å²) >= 11 is 0. The number of hydrogen-bond donors (Lipinski definition) is 2. The lowest BCUT2D eigenvalue weighted by Gasteiger charge is -2.15. The summed E-state index contributed by atoms with van der Waals surface area (Å²) in [7, 11) is -1.31. The van der Waals surface area contributed by atoms with Crippen molar-refractivity contribution in [1.29, 1.82) is 0 Å². The predicted molar refractivity (Wildman–Crippen MR) is 109 cm³/mol. The van der Waals surface area contributed by atoms with E-state index in [1.807, 2.05) is 0 Å². The van der Waals surface area contributed by atoms with E-state index >= 15 is 0 Å². The number of esters is 1. The average molecular weight is 450 g/mol. The molecule has 0 saturated carbocycles. The fourth-order valence-electron chi connectivity index (χ4n) is 2.79. The molecule has 0 aromatic heterocycles. The van der Waals surface area contributed by atoms with Crippen molar-refractivity contribution in [1.82, 2.24) is 10.0 Å². The van der Waals surface area contributed by atoms with Gasteiger partial charge < -0.3 is 24.3 Å². The van der Waals surface area contributed by atoms with E-state index in [-0.39, 0.29) is 29.5 Å². The molecule has 0 saturated heterocycles. The number of methoxy groups -OCH3 is 1. The number of ether oxygens (including phenoxy) is 4. The summed E-state index contributed by atoms with van der Waals surface area (Å²) in [6.07, 6.45) is -1.10. The van der Waals surface area contributed by atoms with Crippen LogP contribution in [-0.4, -0.2) is 47.3 Å². The second kappa shape index (κ2) is 9.23. The Labute approximate surface area is 179 Å². The maximum Gasteiger partial charge on any atom is 0.338 e. The smallest absolute Gasteiger partial charge is 0.338 e. The van der Waals surface area contributed by atoms with Gasteiger partial charge in [-0.3, -0.25) is 4.79 Å². The second-order valence-electron chi connectivity index (χ2n) is 6.53. The fourth-order valence-corrected chi connectivity index (χ4v) is 3.71. The Kier molecular flexibility index (Phi) is 6.66. The average Bonchev–Trinajstić information content (AvgIpc) is 3.24. The third-order valence-electron chi connectivity index (χ3n) is 4.51. The van der Waals surface area contributed by atoms with E-state index in [4.69, 9.17) is 18.9 Å². The summed E-state index contributed by atoms with van der Waals surface area (Å²) in [6.45, 7) is 1.77. The minimum absolute atomic E-state index is 0.0370. The molecule has 0 unspecified atom stereocenters. The Balaban J connectivity index is 1.63. The van der Waals surface area contributed by atoms with Crippen molar-refractivity contribution in [2.24, 2.45) is 0 Å². The highest BCUT2D eigenvalue weighted by molar-refractivity contribution is 7.89. The zero-order valence-corrected chi connectivity index (χ0v) is 17.9. The van der Waals surface area contributed by atoms with Crippen LogP contribution in [-0.2, 0) is 26.1 Å². The summed E-state index contributed by atoms with van der Waals surface area (Å²) in [5.74, 6) is -0.0569. The summed E-state index contributed by atoms with van der Waals surface area (Å²) in [6, 6.07) is 9.10. The molecule has 0 fully saturated rings. The molecule has 2 N–H and O–H groups in total. The first-order chi connectivity index (χ1) is 14.7. The van der Waals surface area contributed by atoms with Crippen LogP contribution in [0.1, 0.15) is 22.8 Å². The van der Waals surface area contributed by atoms with E-state index < -0.39 is 28.0 Å². The molecule has 1 amide bonds. The normalized spacial score (nSPS) is 13.4. The molecule has 2 aromatic carbocycles. The SMILES string of the molecule is CNS(=O)(=O)c1cc(C(=O)O[C@H](C)C(=O)NCc2ccc3c(c2)OCO3)ccc1OC. The van der Waals surface area contributed by atoms with Crippen LogP contribution < -0.4 is 24.2 Å². The Hall–Kier alpha value is -3.31. The molecule has 1 aliphatic heterocycles. The van der Waals surface area contributed by atoms with Gasteiger partial charge in [-0.25, -0.2) is 17.9 Å². The number of amides is 1. The maximum atomic E-state index is 12.4. The first-order valence-electron chi connectivity index (χ1n) is 9.24. The van der Waals surface area contributed by atoms with E-state index in [1.165, 1.54) is 33.2 Å². The van der Waals surface area contributed by atoms with Crippen LogP contribution in [0, 0.1) is 0 Å². The molecular formula is C20H22N2O8S. The Morgan fingerprint density at radius 3 is 2.58 bits per heavy atom. The van der Waals surface area contributed by atoms with Crippen molar-refractivity contribution in [3.8, 4) is 17.2 Å². The van der Waals surface area contributed by atoms with Gasteiger partial charge in [-0.1, -0.05) is 6.07 Å². The molecule has 3 rings (SSSR count). The van der Waals surface area contributed by atoms with E-state index in [0.29, 0.717) is 11.5 Å². The molecule has 166 valence electrons. The third-order valence-corrected chi connectivity index (χ3v) is 5.95. The van der Waals surface area contributed by atoms with Gasteiger partial charge in [0, 0.05) is 6.54 Å². The number of hydrogen-bond acceptors (Lipinski definition) is 8. The van der Waals surface area contributed by atoms with Crippen LogP contribution in [0.5, 0.6) is 17.2 Å². The summed E-state index contributed by atoms with van der Waals surface area (Å²) < 4.78 is 47.2. The quantitative estimate of drug-likeness (QED) is 0.574. The molecule has 2 aromatic rings. The Morgan fingerprint density at radius 2 is 1.87 bits per heavy atom. The highest BCUT2D eigenvalue weighted by atomic mass is 32.2. The van der Waals surface area contributed by atoms with Gasteiger partial charge in [0.2, 0.25) is 16.8 Å². The molecule has 1 atom stereocenters. The molecule has 31 heavy (non-hydrogen) atoms. The van der Waals surface area contributed by atoms with Crippen molar-refractivity contribution in [3.05, 3.63) is 47.5 Å². The van der Waals surface area contributed by atoms with Gasteiger partial charge in [-0.15, -0.1) is 0 Å². The number of sulfonamides is 1. The molecule has 0 aliphatic carbocycles. The standard InChI is InChI=1S/C20H22N2O8S/c1-12(19(23)22-10-13-4-6-15-17(8-13)29-11-28-15)30-20(24)14-5-7-16(27-3)18(9-14)31(25,26)21-2/h4-9,12,21H,10-11H2,1-3H3,(H,22,23)/t12-/m1/s1. The summed E-state index contributed by atoms with van der Waals surface area (Å²) in [5, 5.41) is 2.67. The van der Waals surface area contributed by atoms with E-state index in [2.05, 4.69) is 10.0 Å². The van der Waals surface area contributed by atoms with Crippen LogP contribution >= 0.6 is 0 Å². The van der Waals surface area contributed by atoms with Gasteiger partial charge >= 0.3 is 5.97 Å². The van der Waals surface area contributed by atoms with Gasteiger partial charge in [-0.2, -0.15) is 0 Å². The van der Waals surface area contributed by atoms with Crippen molar-refractivity contribution >= 4 is 21.9 Å². The number of benzene rings is 2. The van der Waals surface area contributed by atoms with Gasteiger partial charge in [0.15, 0.2) is 17.6 Å². The lowest BCUT2D eigenvalue weighted by Crippen LogP contribution is -2.35. The largest absolute Gasteiger partial charge is 0.495 e. The van der Waals surface area contributed by atoms with Crippen molar-refractivity contribution in [2.45, 2.75) is 24.5 Å². The van der Waals surface area contributed by atoms with Crippen LogP contribution in [0.25, 0.3) is 0 Å². The summed E-state index contributed by atoms with van der Waals surface area (Å²) in [4.78, 5) is 24.5. The Morgan fingerprint density at radius 1 is 1.13 bits per heavy atom. The van der Waals surface area contributed by atoms with Crippen molar-refractivity contribution in [2.75, 3.05) is 21.0 Å². The molecule has 0 radical (unpaired) electrons. The van der Waals surface area contributed by atoms with Gasteiger partial charge in [0.05, 0.1) is 12.7 Å². The summed E-state index contributed by atoms with van der Waals surface area (Å²) in [5.41, 5.74) is 0.748. The van der Waals surface area contributed by atoms with Gasteiger partial charge in [0.25, 0.3) is 5.91 Å². The molecule has 10 nitrogen and oxygen atoms in total. The van der Waals surface area contributed by atoms with E-state index in [9.17, 15) is 18.0 Å². The number of fused-ring (bicyclic) bond motifs is 1. The first kappa shape index (κ1) is 22.4. The zero-order chi connectivity index (χ0) is 22.6. The maximum absolute atomic E-state index is 12.4. The molecule has 1 heterocycles. The lowest BCUT2D eigenvalue weighted by atomic mass is 10.2. The minimum Gasteiger partial charge on any atom is -0.495 e. The van der Waals surface area contributed by atoms with Crippen LogP contribution in [0.4, 0.5) is 0 Å². The Bertz CT molecular complexity index is 1100. The monoisotopic (exact) mass is 450 g/mol. The van der Waals surface area contributed by atoms with Crippen molar-refractivity contribution in [3.63, 3.8) is 0 Å². The number of carbonyl (C=O) groups is 2. The number of rotatable bonds is 8. The third kappa shape index (κ3) is 5.06. The van der Waals surface area contributed by atoms with Crippen LogP contribution in [0.3, 0.4) is 0 Å². The molecule has 0 spiro atoms. The highest BCUT2D eigenvalue weighted by Gasteiger charge is 2.23. The lowest BCUT2D eigenvalue weighted by molar-refractivity contribution is -0.129. The topological polar surface area (TPSA) is 129 Å². The first-order valence-corrected chi connectivity index (χ1v) is 10.7. The molecule has 11 heteroatoms. The second-order valence-corrected chi connectivity index (χ2v) is 8.38. The van der Waals surface area contributed by atoms with Crippen LogP contribution in [0.15, 0.2) is 41.3 Å². The van der Waals surface area contributed by atoms with Gasteiger partial charge in [-0.05, 0) is 49.9 Å². The number of nitrogens with one attached hydrogen (secondary N) is 2. The minimum atomic E-state index is -3.87. The van der Waals surface area contributed by atoms with Crippen molar-refractivity contribution < 1.29 is 37.0 Å². The fraction of sp³-hybridized carbons (Fsp3) is 0.300. The predicted octanol–water partition coefficient (Wildman–Crippen LogP) is 1.19. The molecular weight excluding hydrogens is 428 g/mol. The van der Waals surface area contributed by atoms with E-state index in [0.717, 1.165) is 11.6 Å². The molecule has 0 bridgehead atoms. The van der Waals surface area contributed by atoms with Crippen LogP contribution in [0.2, 0.25) is 0 Å².